The van der Waals surface area contributed by atoms with Gasteiger partial charge in [-0.3, -0.25) is 4.98 Å². The van der Waals surface area contributed by atoms with E-state index in [0.717, 1.165) is 41.0 Å². The maximum atomic E-state index is 11.0. The van der Waals surface area contributed by atoms with Crippen molar-refractivity contribution in [1.82, 2.24) is 4.98 Å². The molecule has 0 aliphatic carbocycles. The van der Waals surface area contributed by atoms with E-state index < -0.39 is 5.97 Å². The van der Waals surface area contributed by atoms with Gasteiger partial charge in [-0.25, -0.2) is 4.79 Å². The number of thiophene rings is 2. The largest absolute Gasteiger partial charge is 0.496 e. The van der Waals surface area contributed by atoms with E-state index in [4.69, 9.17) is 14.4 Å². The fourth-order valence-electron chi connectivity index (χ4n) is 4.48. The first-order valence-electron chi connectivity index (χ1n) is 12.8. The Morgan fingerprint density at radius 2 is 1.43 bits per heavy atom. The van der Waals surface area contributed by atoms with Gasteiger partial charge in [0.2, 0.25) is 0 Å². The normalized spacial score (nSPS) is 15.8. The summed E-state index contributed by atoms with van der Waals surface area (Å²) in [6.07, 6.45) is 1.50. The molecular formula is C30H30BNO6S2. The van der Waals surface area contributed by atoms with Gasteiger partial charge < -0.3 is 24.6 Å². The second-order valence-electron chi connectivity index (χ2n) is 10.6. The molecule has 1 aliphatic heterocycles. The molecule has 0 atom stereocenters. The summed E-state index contributed by atoms with van der Waals surface area (Å²) in [7, 11) is -0.353. The zero-order chi connectivity index (χ0) is 28.7. The third-order valence-electron chi connectivity index (χ3n) is 7.32. The van der Waals surface area contributed by atoms with Crippen molar-refractivity contribution in [3.8, 4) is 11.3 Å². The number of carboxylic acids is 1. The Labute approximate surface area is 240 Å². The number of carbonyl (C=O) groups is 1. The van der Waals surface area contributed by atoms with Crippen molar-refractivity contribution in [3.63, 3.8) is 0 Å². The number of hydrogen-bond donors (Lipinski definition) is 3. The van der Waals surface area contributed by atoms with E-state index in [-0.39, 0.29) is 37.1 Å². The first-order chi connectivity index (χ1) is 19.0. The van der Waals surface area contributed by atoms with Gasteiger partial charge in [-0.2, -0.15) is 0 Å². The third kappa shape index (κ3) is 5.43. The lowest BCUT2D eigenvalue weighted by molar-refractivity contribution is 0.00578. The Kier molecular flexibility index (Phi) is 7.84. The topological polar surface area (TPSA) is 109 Å². The summed E-state index contributed by atoms with van der Waals surface area (Å²) in [5.41, 5.74) is 2.10. The number of carboxylic acid groups (broad SMARTS) is 1. The van der Waals surface area contributed by atoms with Crippen LogP contribution in [0.5, 0.6) is 0 Å². The minimum atomic E-state index is -0.969. The minimum absolute atomic E-state index is 0.00137. The molecular weight excluding hydrogens is 545 g/mol. The molecule has 40 heavy (non-hydrogen) atoms. The molecule has 0 spiro atoms. The van der Waals surface area contributed by atoms with Gasteiger partial charge in [-0.1, -0.05) is 36.4 Å². The van der Waals surface area contributed by atoms with Crippen LogP contribution in [0.25, 0.3) is 31.4 Å². The van der Waals surface area contributed by atoms with Gasteiger partial charge in [0.15, 0.2) is 0 Å². The Bertz CT molecular complexity index is 1680. The van der Waals surface area contributed by atoms with E-state index >= 15 is 0 Å². The van der Waals surface area contributed by atoms with Crippen LogP contribution in [-0.2, 0) is 22.5 Å². The van der Waals surface area contributed by atoms with Crippen LogP contribution in [-0.4, -0.2) is 44.6 Å². The molecule has 3 aromatic heterocycles. The summed E-state index contributed by atoms with van der Waals surface area (Å²) in [4.78, 5) is 17.1. The van der Waals surface area contributed by atoms with Crippen molar-refractivity contribution < 1.29 is 29.4 Å². The van der Waals surface area contributed by atoms with E-state index in [1.54, 1.807) is 17.4 Å². The van der Waals surface area contributed by atoms with Crippen LogP contribution < -0.4 is 5.46 Å². The second kappa shape index (κ2) is 11.0. The van der Waals surface area contributed by atoms with Gasteiger partial charge in [0.1, 0.15) is 0 Å². The summed E-state index contributed by atoms with van der Waals surface area (Å²) in [6, 6.07) is 18.9. The molecule has 0 amide bonds. The highest BCUT2D eigenvalue weighted by atomic mass is 32.1. The monoisotopic (exact) mass is 575 g/mol. The highest BCUT2D eigenvalue weighted by molar-refractivity contribution is 7.20. The van der Waals surface area contributed by atoms with Crippen LogP contribution in [0.2, 0.25) is 0 Å². The predicted octanol–water partition coefficient (Wildman–Crippen LogP) is 5.85. The highest BCUT2D eigenvalue weighted by Gasteiger charge is 2.52. The number of aliphatic hydroxyl groups excluding tert-OH is 2. The Balaban J connectivity index is 0.000000161. The van der Waals surface area contributed by atoms with Crippen molar-refractivity contribution in [2.24, 2.45) is 0 Å². The van der Waals surface area contributed by atoms with Crippen LogP contribution in [0.3, 0.4) is 0 Å². The number of rotatable bonds is 5. The van der Waals surface area contributed by atoms with E-state index in [2.05, 4.69) is 38.7 Å². The molecule has 0 radical (unpaired) electrons. The van der Waals surface area contributed by atoms with Gasteiger partial charge >= 0.3 is 13.1 Å². The number of aliphatic hydroxyl groups is 2. The molecule has 10 heteroatoms. The van der Waals surface area contributed by atoms with Crippen molar-refractivity contribution in [3.05, 3.63) is 82.2 Å². The predicted molar refractivity (Wildman–Crippen MR) is 161 cm³/mol. The summed E-state index contributed by atoms with van der Waals surface area (Å²) in [6.45, 7) is 8.30. The lowest BCUT2D eigenvalue weighted by Gasteiger charge is -2.32. The maximum Gasteiger partial charge on any atom is 0.496 e. The quantitative estimate of drug-likeness (QED) is 0.226. The van der Waals surface area contributed by atoms with Crippen LogP contribution >= 0.6 is 22.7 Å². The SMILES string of the molecule is CC1(C)OB(c2cccc3cc(CO)sc23)OC1(C)C.O=C(O)c1ccnc(-c2cccc3cc(CO)sc23)c1. The highest BCUT2D eigenvalue weighted by Crippen LogP contribution is 2.38. The molecule has 0 bridgehead atoms. The molecule has 5 aromatic rings. The zero-order valence-corrected chi connectivity index (χ0v) is 24.3. The zero-order valence-electron chi connectivity index (χ0n) is 22.7. The number of aromatic carboxylic acids is 1. The number of pyridine rings is 1. The van der Waals surface area contributed by atoms with Crippen LogP contribution in [0, 0.1) is 0 Å². The molecule has 206 valence electrons. The van der Waals surface area contributed by atoms with Gasteiger partial charge in [0.05, 0.1) is 35.7 Å². The first-order valence-corrected chi connectivity index (χ1v) is 14.5. The molecule has 7 nitrogen and oxygen atoms in total. The Morgan fingerprint density at radius 3 is 2.02 bits per heavy atom. The number of nitrogens with zero attached hydrogens (tertiary/aromatic N) is 1. The molecule has 3 N–H and O–H groups in total. The lowest BCUT2D eigenvalue weighted by Crippen LogP contribution is -2.41. The van der Waals surface area contributed by atoms with Gasteiger partial charge in [-0.05, 0) is 62.7 Å². The van der Waals surface area contributed by atoms with Gasteiger partial charge in [0, 0.05) is 36.4 Å². The number of fused-ring (bicyclic) bond motifs is 2. The van der Waals surface area contributed by atoms with Crippen molar-refractivity contribution in [1.29, 1.82) is 0 Å². The molecule has 6 rings (SSSR count). The minimum Gasteiger partial charge on any atom is -0.478 e. The fraction of sp³-hybridized carbons (Fsp3) is 0.267. The van der Waals surface area contributed by atoms with E-state index in [0.29, 0.717) is 5.69 Å². The Morgan fingerprint density at radius 1 is 0.850 bits per heavy atom. The molecule has 2 aromatic carbocycles. The number of hydrogen-bond acceptors (Lipinski definition) is 8. The summed E-state index contributed by atoms with van der Waals surface area (Å²) >= 11 is 3.10. The summed E-state index contributed by atoms with van der Waals surface area (Å²) < 4.78 is 14.4. The van der Waals surface area contributed by atoms with Gasteiger partial charge in [0.25, 0.3) is 0 Å². The van der Waals surface area contributed by atoms with Crippen LogP contribution in [0.1, 0.15) is 47.8 Å². The molecule has 0 unspecified atom stereocenters. The fourth-order valence-corrected chi connectivity index (χ4v) is 6.56. The van der Waals surface area contributed by atoms with Gasteiger partial charge in [-0.15, -0.1) is 22.7 Å². The summed E-state index contributed by atoms with van der Waals surface area (Å²) in [5.74, 6) is -0.969. The standard InChI is InChI=1S/C15H19BO3S.C15H11NO3S/c1-14(2)15(3,4)19-16(18-14)12-7-5-6-10-8-11(9-17)20-13(10)12;17-8-11-6-9-2-1-3-12(14(9)20-11)13-7-10(15(18)19)4-5-16-13/h5-8,17H,9H2,1-4H3;1-7,17H,8H2,(H,18,19). The van der Waals surface area contributed by atoms with Crippen LogP contribution in [0.15, 0.2) is 66.9 Å². The molecule has 1 fully saturated rings. The lowest BCUT2D eigenvalue weighted by atomic mass is 9.78. The maximum absolute atomic E-state index is 11.0. The smallest absolute Gasteiger partial charge is 0.478 e. The second-order valence-corrected chi connectivity index (χ2v) is 12.8. The average molecular weight is 576 g/mol. The summed E-state index contributed by atoms with van der Waals surface area (Å²) in [5, 5.41) is 29.8. The van der Waals surface area contributed by atoms with Crippen molar-refractivity contribution >= 4 is 61.4 Å². The van der Waals surface area contributed by atoms with Crippen molar-refractivity contribution in [2.45, 2.75) is 52.1 Å². The van der Waals surface area contributed by atoms with E-state index in [9.17, 15) is 15.0 Å². The molecule has 0 saturated carbocycles. The Hall–Kier alpha value is -3.12. The average Bonchev–Trinajstić information content (AvgIpc) is 3.61. The first kappa shape index (κ1) is 28.4. The van der Waals surface area contributed by atoms with Crippen LogP contribution in [0.4, 0.5) is 0 Å². The third-order valence-corrected chi connectivity index (χ3v) is 9.68. The van der Waals surface area contributed by atoms with E-state index in [1.165, 1.54) is 23.6 Å². The molecule has 1 aliphatic rings. The van der Waals surface area contributed by atoms with E-state index in [1.807, 2.05) is 42.5 Å². The molecule has 4 heterocycles. The number of aromatic nitrogens is 1. The van der Waals surface area contributed by atoms with Crippen molar-refractivity contribution in [2.75, 3.05) is 0 Å². The number of benzene rings is 2. The molecule has 1 saturated heterocycles.